The summed E-state index contributed by atoms with van der Waals surface area (Å²) in [5, 5.41) is 10.1. The van der Waals surface area contributed by atoms with Crippen molar-refractivity contribution < 1.29 is 5.11 Å². The molecule has 0 heterocycles. The van der Waals surface area contributed by atoms with Gasteiger partial charge in [0, 0.05) is 36.4 Å². The molecule has 0 aromatic heterocycles. The van der Waals surface area contributed by atoms with Crippen LogP contribution < -0.4 is 16.4 Å². The van der Waals surface area contributed by atoms with Crippen LogP contribution in [0.2, 0.25) is 0 Å². The van der Waals surface area contributed by atoms with Crippen LogP contribution in [0.5, 0.6) is 5.75 Å². The van der Waals surface area contributed by atoms with Crippen LogP contribution in [0.1, 0.15) is 38.3 Å². The Morgan fingerprint density at radius 3 is 2.44 bits per heavy atom. The first-order chi connectivity index (χ1) is 8.63. The summed E-state index contributed by atoms with van der Waals surface area (Å²) >= 11 is 0. The van der Waals surface area contributed by atoms with E-state index in [1.807, 2.05) is 12.1 Å². The SMILES string of the molecule is CCN(CC)c1ccc([C@@H](N)CCCN)c(O)c1. The number of rotatable bonds is 7. The lowest BCUT2D eigenvalue weighted by atomic mass is 10.0. The van der Waals surface area contributed by atoms with Crippen molar-refractivity contribution in [1.82, 2.24) is 0 Å². The third kappa shape index (κ3) is 3.62. The zero-order chi connectivity index (χ0) is 13.5. The first kappa shape index (κ1) is 14.8. The van der Waals surface area contributed by atoms with E-state index in [1.165, 1.54) is 0 Å². The van der Waals surface area contributed by atoms with Gasteiger partial charge < -0.3 is 21.5 Å². The number of nitrogens with zero attached hydrogens (tertiary/aromatic N) is 1. The van der Waals surface area contributed by atoms with E-state index in [0.29, 0.717) is 6.54 Å². The topological polar surface area (TPSA) is 75.5 Å². The van der Waals surface area contributed by atoms with Crippen molar-refractivity contribution in [3.8, 4) is 5.75 Å². The Hall–Kier alpha value is -1.26. The fourth-order valence-corrected chi connectivity index (χ4v) is 2.12. The van der Waals surface area contributed by atoms with E-state index >= 15 is 0 Å². The van der Waals surface area contributed by atoms with Crippen molar-refractivity contribution in [3.63, 3.8) is 0 Å². The molecule has 5 N–H and O–H groups in total. The molecule has 0 aliphatic rings. The number of nitrogens with two attached hydrogens (primary N) is 2. The molecule has 102 valence electrons. The van der Waals surface area contributed by atoms with Crippen molar-refractivity contribution in [2.45, 2.75) is 32.7 Å². The number of benzene rings is 1. The summed E-state index contributed by atoms with van der Waals surface area (Å²) < 4.78 is 0. The molecule has 4 heteroatoms. The van der Waals surface area contributed by atoms with Crippen LogP contribution in [0, 0.1) is 0 Å². The van der Waals surface area contributed by atoms with Gasteiger partial charge in [-0.05, 0) is 39.3 Å². The zero-order valence-corrected chi connectivity index (χ0v) is 11.4. The molecule has 0 saturated carbocycles. The van der Waals surface area contributed by atoms with Crippen LogP contribution in [0.15, 0.2) is 18.2 Å². The number of hydrogen-bond donors (Lipinski definition) is 3. The Bertz CT molecular complexity index is 364. The third-order valence-electron chi connectivity index (χ3n) is 3.26. The molecule has 0 spiro atoms. The predicted molar refractivity (Wildman–Crippen MR) is 76.9 cm³/mol. The minimum Gasteiger partial charge on any atom is -0.508 e. The summed E-state index contributed by atoms with van der Waals surface area (Å²) in [6.45, 7) is 6.68. The second-order valence-electron chi connectivity index (χ2n) is 4.45. The fraction of sp³-hybridized carbons (Fsp3) is 0.571. The van der Waals surface area contributed by atoms with Gasteiger partial charge in [-0.3, -0.25) is 0 Å². The van der Waals surface area contributed by atoms with Crippen molar-refractivity contribution in [2.75, 3.05) is 24.5 Å². The largest absolute Gasteiger partial charge is 0.508 e. The molecular weight excluding hydrogens is 226 g/mol. The number of hydrogen-bond acceptors (Lipinski definition) is 4. The molecule has 0 fully saturated rings. The highest BCUT2D eigenvalue weighted by Gasteiger charge is 2.12. The highest BCUT2D eigenvalue weighted by Crippen LogP contribution is 2.29. The molecule has 0 radical (unpaired) electrons. The minimum atomic E-state index is -0.140. The summed E-state index contributed by atoms with van der Waals surface area (Å²) in [5.74, 6) is 0.281. The van der Waals surface area contributed by atoms with E-state index in [-0.39, 0.29) is 11.8 Å². The van der Waals surface area contributed by atoms with Gasteiger partial charge in [-0.15, -0.1) is 0 Å². The van der Waals surface area contributed by atoms with E-state index in [9.17, 15) is 5.11 Å². The van der Waals surface area contributed by atoms with Gasteiger partial charge in [0.25, 0.3) is 0 Å². The monoisotopic (exact) mass is 251 g/mol. The Balaban J connectivity index is 2.85. The summed E-state index contributed by atoms with van der Waals surface area (Å²) in [7, 11) is 0. The average molecular weight is 251 g/mol. The molecule has 1 aromatic rings. The molecule has 0 saturated heterocycles. The van der Waals surface area contributed by atoms with Gasteiger partial charge in [0.2, 0.25) is 0 Å². The number of phenols is 1. The average Bonchev–Trinajstić information content (AvgIpc) is 2.37. The second kappa shape index (κ2) is 7.24. The molecule has 1 rings (SSSR count). The van der Waals surface area contributed by atoms with E-state index in [2.05, 4.69) is 18.7 Å². The smallest absolute Gasteiger partial charge is 0.122 e. The molecule has 1 atom stereocenters. The molecule has 18 heavy (non-hydrogen) atoms. The maximum Gasteiger partial charge on any atom is 0.122 e. The summed E-state index contributed by atoms with van der Waals surface area (Å²) in [6, 6.07) is 5.60. The van der Waals surface area contributed by atoms with E-state index in [0.717, 1.165) is 37.2 Å². The molecule has 4 nitrogen and oxygen atoms in total. The van der Waals surface area contributed by atoms with Gasteiger partial charge >= 0.3 is 0 Å². The standard InChI is InChI=1S/C14H25N3O/c1-3-17(4-2)11-7-8-12(14(18)10-11)13(16)6-5-9-15/h7-8,10,13,18H,3-6,9,15-16H2,1-2H3/t13-/m0/s1. The van der Waals surface area contributed by atoms with Crippen LogP contribution in [-0.4, -0.2) is 24.7 Å². The molecule has 0 unspecified atom stereocenters. The molecule has 0 bridgehead atoms. The third-order valence-corrected chi connectivity index (χ3v) is 3.26. The maximum atomic E-state index is 10.1. The first-order valence-corrected chi connectivity index (χ1v) is 6.67. The first-order valence-electron chi connectivity index (χ1n) is 6.67. The number of phenolic OH excluding ortho intramolecular Hbond substituents is 1. The number of anilines is 1. The normalized spacial score (nSPS) is 12.4. The second-order valence-corrected chi connectivity index (χ2v) is 4.45. The van der Waals surface area contributed by atoms with E-state index in [4.69, 9.17) is 11.5 Å². The van der Waals surface area contributed by atoms with Gasteiger partial charge in [0.1, 0.15) is 5.75 Å². The molecule has 0 aliphatic heterocycles. The van der Waals surface area contributed by atoms with Crippen molar-refractivity contribution >= 4 is 5.69 Å². The molecule has 1 aromatic carbocycles. The van der Waals surface area contributed by atoms with E-state index in [1.54, 1.807) is 6.07 Å². The van der Waals surface area contributed by atoms with E-state index < -0.39 is 0 Å². The Kier molecular flexibility index (Phi) is 5.95. The summed E-state index contributed by atoms with van der Waals surface area (Å²) in [5.41, 5.74) is 13.4. The van der Waals surface area contributed by atoms with Gasteiger partial charge in [0.15, 0.2) is 0 Å². The lowest BCUT2D eigenvalue weighted by molar-refractivity contribution is 0.457. The fourth-order valence-electron chi connectivity index (χ4n) is 2.12. The van der Waals surface area contributed by atoms with Gasteiger partial charge in [-0.25, -0.2) is 0 Å². The van der Waals surface area contributed by atoms with Crippen LogP contribution in [0.25, 0.3) is 0 Å². The van der Waals surface area contributed by atoms with Crippen LogP contribution in [0.4, 0.5) is 5.69 Å². The highest BCUT2D eigenvalue weighted by atomic mass is 16.3. The summed E-state index contributed by atoms with van der Waals surface area (Å²) in [6.07, 6.45) is 1.67. The Labute approximate surface area is 110 Å². The zero-order valence-electron chi connectivity index (χ0n) is 11.4. The lowest BCUT2D eigenvalue weighted by Gasteiger charge is -2.22. The predicted octanol–water partition coefficient (Wildman–Crippen LogP) is 1.98. The van der Waals surface area contributed by atoms with Crippen molar-refractivity contribution in [2.24, 2.45) is 11.5 Å². The Morgan fingerprint density at radius 2 is 1.94 bits per heavy atom. The van der Waals surface area contributed by atoms with Crippen molar-refractivity contribution in [3.05, 3.63) is 23.8 Å². The van der Waals surface area contributed by atoms with Crippen LogP contribution in [-0.2, 0) is 0 Å². The molecule has 0 amide bonds. The van der Waals surface area contributed by atoms with Gasteiger partial charge in [-0.1, -0.05) is 6.07 Å². The minimum absolute atomic E-state index is 0.140. The van der Waals surface area contributed by atoms with Crippen LogP contribution >= 0.6 is 0 Å². The Morgan fingerprint density at radius 1 is 1.28 bits per heavy atom. The van der Waals surface area contributed by atoms with Gasteiger partial charge in [-0.2, -0.15) is 0 Å². The quantitative estimate of drug-likeness (QED) is 0.692. The molecule has 0 aliphatic carbocycles. The summed E-state index contributed by atoms with van der Waals surface area (Å²) in [4.78, 5) is 2.19. The van der Waals surface area contributed by atoms with Crippen LogP contribution in [0.3, 0.4) is 0 Å². The maximum absolute atomic E-state index is 10.1. The lowest BCUT2D eigenvalue weighted by Crippen LogP contribution is -2.22. The molecular formula is C14H25N3O. The highest BCUT2D eigenvalue weighted by molar-refractivity contribution is 5.53. The number of aromatic hydroxyl groups is 1. The van der Waals surface area contributed by atoms with Gasteiger partial charge in [0.05, 0.1) is 0 Å². The van der Waals surface area contributed by atoms with Crippen molar-refractivity contribution in [1.29, 1.82) is 0 Å².